The van der Waals surface area contributed by atoms with Crippen LogP contribution in [0.25, 0.3) is 0 Å². The largest absolute Gasteiger partial charge is 0.378 e. The summed E-state index contributed by atoms with van der Waals surface area (Å²) in [6.07, 6.45) is 2.03. The zero-order valence-electron chi connectivity index (χ0n) is 13.8. The van der Waals surface area contributed by atoms with Crippen molar-refractivity contribution in [1.29, 1.82) is 0 Å². The lowest BCUT2D eigenvalue weighted by Crippen LogP contribution is -2.38. The SMILES string of the molecule is c1ccc([C@@H]2COCCN2Cc2cnc(N3CCOCC3)s2)cc1. The van der Waals surface area contributed by atoms with Crippen LogP contribution in [0.15, 0.2) is 36.5 Å². The summed E-state index contributed by atoms with van der Waals surface area (Å²) >= 11 is 1.81. The molecule has 2 aliphatic rings. The molecule has 2 fully saturated rings. The summed E-state index contributed by atoms with van der Waals surface area (Å²) in [6.45, 7) is 6.95. The molecule has 2 aliphatic heterocycles. The number of benzene rings is 1. The molecule has 0 aliphatic carbocycles. The molecule has 0 saturated carbocycles. The lowest BCUT2D eigenvalue weighted by Gasteiger charge is -2.35. The molecule has 4 rings (SSSR count). The molecule has 3 heterocycles. The van der Waals surface area contributed by atoms with E-state index in [-0.39, 0.29) is 0 Å². The Morgan fingerprint density at radius 1 is 1.04 bits per heavy atom. The Hall–Kier alpha value is -1.47. The van der Waals surface area contributed by atoms with E-state index < -0.39 is 0 Å². The summed E-state index contributed by atoms with van der Waals surface area (Å²) in [5, 5.41) is 1.12. The number of morpholine rings is 2. The summed E-state index contributed by atoms with van der Waals surface area (Å²) in [4.78, 5) is 10.8. The normalized spacial score (nSPS) is 22.7. The molecule has 1 atom stereocenters. The van der Waals surface area contributed by atoms with Gasteiger partial charge in [0.2, 0.25) is 0 Å². The van der Waals surface area contributed by atoms with E-state index in [4.69, 9.17) is 9.47 Å². The van der Waals surface area contributed by atoms with Crippen molar-refractivity contribution >= 4 is 16.5 Å². The molecule has 0 N–H and O–H groups in total. The summed E-state index contributed by atoms with van der Waals surface area (Å²) in [5.41, 5.74) is 1.33. The Kier molecular flexibility index (Phi) is 5.08. The first-order chi connectivity index (χ1) is 11.9. The maximum atomic E-state index is 5.73. The standard InChI is InChI=1S/C18H23N3O2S/c1-2-4-15(5-3-1)17-14-23-11-8-21(17)13-16-12-19-18(24-16)20-6-9-22-10-7-20/h1-5,12,17H,6-11,13-14H2/t17-/m0/s1. The minimum absolute atomic E-state index is 0.328. The molecule has 6 heteroatoms. The lowest BCUT2D eigenvalue weighted by atomic mass is 10.1. The molecule has 0 bridgehead atoms. The molecule has 1 aromatic carbocycles. The monoisotopic (exact) mass is 345 g/mol. The fourth-order valence-corrected chi connectivity index (χ4v) is 4.27. The molecule has 0 amide bonds. The van der Waals surface area contributed by atoms with Gasteiger partial charge in [0.15, 0.2) is 5.13 Å². The first kappa shape index (κ1) is 16.0. The van der Waals surface area contributed by atoms with Crippen LogP contribution in [0, 0.1) is 0 Å². The fraction of sp³-hybridized carbons (Fsp3) is 0.500. The number of rotatable bonds is 4. The van der Waals surface area contributed by atoms with Crippen LogP contribution in [0.4, 0.5) is 5.13 Å². The molecule has 128 valence electrons. The number of thiazole rings is 1. The third kappa shape index (κ3) is 3.62. The van der Waals surface area contributed by atoms with Gasteiger partial charge in [-0.05, 0) is 5.56 Å². The maximum Gasteiger partial charge on any atom is 0.185 e. The summed E-state index contributed by atoms with van der Waals surface area (Å²) in [6, 6.07) is 11.0. The van der Waals surface area contributed by atoms with Crippen molar-refractivity contribution in [2.75, 3.05) is 51.0 Å². The number of hydrogen-bond donors (Lipinski definition) is 0. The van der Waals surface area contributed by atoms with Gasteiger partial charge >= 0.3 is 0 Å². The van der Waals surface area contributed by atoms with E-state index >= 15 is 0 Å². The summed E-state index contributed by atoms with van der Waals surface area (Å²) in [7, 11) is 0. The number of anilines is 1. The highest BCUT2D eigenvalue weighted by atomic mass is 32.1. The highest BCUT2D eigenvalue weighted by Crippen LogP contribution is 2.29. The van der Waals surface area contributed by atoms with Gasteiger partial charge in [-0.25, -0.2) is 4.98 Å². The Labute approximate surface area is 146 Å². The molecule has 5 nitrogen and oxygen atoms in total. The second-order valence-electron chi connectivity index (χ2n) is 6.18. The second kappa shape index (κ2) is 7.61. The Bertz CT molecular complexity index is 643. The van der Waals surface area contributed by atoms with Gasteiger partial charge in [-0.15, -0.1) is 11.3 Å². The van der Waals surface area contributed by atoms with Gasteiger partial charge < -0.3 is 14.4 Å². The topological polar surface area (TPSA) is 37.8 Å². The molecule has 0 spiro atoms. The first-order valence-corrected chi connectivity index (χ1v) is 9.36. The molecular formula is C18H23N3O2S. The van der Waals surface area contributed by atoms with Crippen molar-refractivity contribution in [3.8, 4) is 0 Å². The van der Waals surface area contributed by atoms with Crippen molar-refractivity contribution in [2.45, 2.75) is 12.6 Å². The van der Waals surface area contributed by atoms with Crippen LogP contribution in [0.2, 0.25) is 0 Å². The third-order valence-corrected chi connectivity index (χ3v) is 5.65. The highest BCUT2D eigenvalue weighted by molar-refractivity contribution is 7.15. The van der Waals surface area contributed by atoms with Gasteiger partial charge in [0.1, 0.15) is 0 Å². The smallest absolute Gasteiger partial charge is 0.185 e. The van der Waals surface area contributed by atoms with Crippen LogP contribution in [-0.2, 0) is 16.0 Å². The maximum absolute atomic E-state index is 5.73. The van der Waals surface area contributed by atoms with E-state index in [0.717, 1.165) is 57.7 Å². The number of nitrogens with zero attached hydrogens (tertiary/aromatic N) is 3. The van der Waals surface area contributed by atoms with E-state index in [1.54, 1.807) is 0 Å². The van der Waals surface area contributed by atoms with E-state index in [0.29, 0.717) is 6.04 Å². The average molecular weight is 345 g/mol. The zero-order valence-corrected chi connectivity index (χ0v) is 14.6. The van der Waals surface area contributed by atoms with E-state index in [1.165, 1.54) is 10.4 Å². The molecule has 0 unspecified atom stereocenters. The van der Waals surface area contributed by atoms with E-state index in [1.807, 2.05) is 17.5 Å². The predicted octanol–water partition coefficient (Wildman–Crippen LogP) is 2.55. The molecular weight excluding hydrogens is 322 g/mol. The number of ether oxygens (including phenoxy) is 2. The Morgan fingerprint density at radius 2 is 1.83 bits per heavy atom. The molecule has 1 aromatic heterocycles. The highest BCUT2D eigenvalue weighted by Gasteiger charge is 2.25. The lowest BCUT2D eigenvalue weighted by molar-refractivity contribution is -0.0122. The van der Waals surface area contributed by atoms with Gasteiger partial charge in [0.05, 0.1) is 32.5 Å². The zero-order chi connectivity index (χ0) is 16.2. The van der Waals surface area contributed by atoms with Crippen LogP contribution >= 0.6 is 11.3 Å². The van der Waals surface area contributed by atoms with Crippen LogP contribution in [0.5, 0.6) is 0 Å². The van der Waals surface area contributed by atoms with E-state index in [2.05, 4.69) is 45.1 Å². The van der Waals surface area contributed by atoms with Gasteiger partial charge in [-0.2, -0.15) is 0 Å². The van der Waals surface area contributed by atoms with Gasteiger partial charge in [-0.3, -0.25) is 4.90 Å². The minimum Gasteiger partial charge on any atom is -0.378 e. The van der Waals surface area contributed by atoms with Crippen molar-refractivity contribution in [2.24, 2.45) is 0 Å². The molecule has 2 aromatic rings. The molecule has 2 saturated heterocycles. The fourth-order valence-electron chi connectivity index (χ4n) is 3.28. The van der Waals surface area contributed by atoms with Gasteiger partial charge in [0.25, 0.3) is 0 Å². The van der Waals surface area contributed by atoms with E-state index in [9.17, 15) is 0 Å². The van der Waals surface area contributed by atoms with Crippen molar-refractivity contribution in [3.63, 3.8) is 0 Å². The second-order valence-corrected chi connectivity index (χ2v) is 7.27. The predicted molar refractivity (Wildman–Crippen MR) is 95.6 cm³/mol. The van der Waals surface area contributed by atoms with Crippen LogP contribution in [0.3, 0.4) is 0 Å². The van der Waals surface area contributed by atoms with Crippen LogP contribution in [0.1, 0.15) is 16.5 Å². The minimum atomic E-state index is 0.328. The van der Waals surface area contributed by atoms with Crippen molar-refractivity contribution < 1.29 is 9.47 Å². The number of aromatic nitrogens is 1. The average Bonchev–Trinajstić information content (AvgIpc) is 3.12. The van der Waals surface area contributed by atoms with Crippen molar-refractivity contribution in [1.82, 2.24) is 9.88 Å². The van der Waals surface area contributed by atoms with Gasteiger partial charge in [0, 0.05) is 37.3 Å². The quantitative estimate of drug-likeness (QED) is 0.851. The molecule has 0 radical (unpaired) electrons. The van der Waals surface area contributed by atoms with Crippen molar-refractivity contribution in [3.05, 3.63) is 47.0 Å². The van der Waals surface area contributed by atoms with Gasteiger partial charge in [-0.1, -0.05) is 30.3 Å². The summed E-state index contributed by atoms with van der Waals surface area (Å²) < 4.78 is 11.2. The van der Waals surface area contributed by atoms with Crippen LogP contribution < -0.4 is 4.90 Å². The number of hydrogen-bond acceptors (Lipinski definition) is 6. The Balaban J connectivity index is 1.46. The Morgan fingerprint density at radius 3 is 2.67 bits per heavy atom. The third-order valence-electron chi connectivity index (χ3n) is 4.61. The first-order valence-electron chi connectivity index (χ1n) is 8.54. The molecule has 24 heavy (non-hydrogen) atoms. The summed E-state index contributed by atoms with van der Waals surface area (Å²) in [5.74, 6) is 0. The van der Waals surface area contributed by atoms with Crippen LogP contribution in [-0.4, -0.2) is 55.9 Å².